The number of methoxy groups -OCH3 is 1. The minimum atomic E-state index is 0.237. The lowest BCUT2D eigenvalue weighted by atomic mass is 10.1. The molecule has 1 fully saturated rings. The van der Waals surface area contributed by atoms with Crippen molar-refractivity contribution in [2.75, 3.05) is 33.9 Å². The van der Waals surface area contributed by atoms with E-state index in [9.17, 15) is 0 Å². The smallest absolute Gasteiger partial charge is 0.161 e. The number of nitrogens with zero attached hydrogens (tertiary/aromatic N) is 1. The molecule has 0 bridgehead atoms. The third-order valence-electron chi connectivity index (χ3n) is 3.61. The molecule has 0 aromatic heterocycles. The molecule has 1 aromatic carbocycles. The Balaban J connectivity index is 2.03. The zero-order chi connectivity index (χ0) is 14.4. The number of ether oxygens (including phenoxy) is 2. The van der Waals surface area contributed by atoms with E-state index in [-0.39, 0.29) is 6.10 Å². The van der Waals surface area contributed by atoms with Crippen molar-refractivity contribution in [3.8, 4) is 11.5 Å². The van der Waals surface area contributed by atoms with Gasteiger partial charge in [-0.05, 0) is 50.6 Å². The number of hydrogen-bond donors (Lipinski definition) is 1. The average Bonchev–Trinajstić information content (AvgIpc) is 2.46. The van der Waals surface area contributed by atoms with Crippen LogP contribution in [0.15, 0.2) is 18.2 Å². The van der Waals surface area contributed by atoms with Crippen LogP contribution >= 0.6 is 0 Å². The Bertz CT molecular complexity index is 426. The van der Waals surface area contributed by atoms with Crippen LogP contribution in [0.1, 0.15) is 18.4 Å². The van der Waals surface area contributed by atoms with Crippen LogP contribution in [0, 0.1) is 0 Å². The molecule has 1 atom stereocenters. The fourth-order valence-electron chi connectivity index (χ4n) is 2.54. The summed E-state index contributed by atoms with van der Waals surface area (Å²) in [5.41, 5.74) is 1.13. The second-order valence-electron chi connectivity index (χ2n) is 5.25. The van der Waals surface area contributed by atoms with Gasteiger partial charge in [-0.3, -0.25) is 0 Å². The highest BCUT2D eigenvalue weighted by Gasteiger charge is 2.20. The number of piperidine rings is 1. The van der Waals surface area contributed by atoms with Gasteiger partial charge in [0, 0.05) is 6.54 Å². The summed E-state index contributed by atoms with van der Waals surface area (Å²) in [6.07, 6.45) is 3.27. The van der Waals surface area contributed by atoms with Crippen LogP contribution < -0.4 is 15.4 Å². The Hall–Kier alpha value is -1.30. The maximum absolute atomic E-state index is 6.08. The summed E-state index contributed by atoms with van der Waals surface area (Å²) in [6, 6.07) is 5.99. The van der Waals surface area contributed by atoms with E-state index in [4.69, 9.17) is 15.4 Å². The Morgan fingerprint density at radius 1 is 1.35 bits per heavy atom. The van der Waals surface area contributed by atoms with Crippen LogP contribution in [0.25, 0.3) is 0 Å². The first-order valence-electron chi connectivity index (χ1n) is 7.06. The molecule has 0 amide bonds. The van der Waals surface area contributed by atoms with Gasteiger partial charge < -0.3 is 19.2 Å². The molecule has 0 spiro atoms. The first kappa shape index (κ1) is 15.1. The summed E-state index contributed by atoms with van der Waals surface area (Å²) >= 11 is 0. The molecule has 112 valence electrons. The standard InChI is InChI=1S/C15H24N2O3/c1-17-8-3-4-13(11-17)20-14-6-5-12(7-9-19-16)10-15(14)18-2/h5-6,10,13H,3-4,7-9,11,16H2,1-2H3. The Morgan fingerprint density at radius 2 is 2.20 bits per heavy atom. The molecule has 20 heavy (non-hydrogen) atoms. The van der Waals surface area contributed by atoms with Gasteiger partial charge in [0.05, 0.1) is 13.7 Å². The van der Waals surface area contributed by atoms with Crippen LogP contribution in [0.2, 0.25) is 0 Å². The zero-order valence-corrected chi connectivity index (χ0v) is 12.3. The Morgan fingerprint density at radius 3 is 2.90 bits per heavy atom. The molecule has 1 unspecified atom stereocenters. The molecule has 1 aliphatic rings. The molecule has 1 saturated heterocycles. The quantitative estimate of drug-likeness (QED) is 0.802. The van der Waals surface area contributed by atoms with Crippen molar-refractivity contribution >= 4 is 0 Å². The lowest BCUT2D eigenvalue weighted by Crippen LogP contribution is -2.38. The first-order valence-corrected chi connectivity index (χ1v) is 7.06. The molecule has 1 aliphatic heterocycles. The minimum absolute atomic E-state index is 0.237. The predicted molar refractivity (Wildman–Crippen MR) is 78.0 cm³/mol. The molecule has 0 saturated carbocycles. The van der Waals surface area contributed by atoms with Crippen molar-refractivity contribution in [3.05, 3.63) is 23.8 Å². The van der Waals surface area contributed by atoms with Crippen LogP contribution in [-0.2, 0) is 11.3 Å². The molecule has 1 aromatic rings. The van der Waals surface area contributed by atoms with Crippen molar-refractivity contribution in [1.29, 1.82) is 0 Å². The summed E-state index contributed by atoms with van der Waals surface area (Å²) in [4.78, 5) is 6.90. The Kier molecular flexibility index (Phi) is 5.64. The number of likely N-dealkylation sites (tertiary alicyclic amines) is 1. The molecule has 1 heterocycles. The molecule has 5 heteroatoms. The SMILES string of the molecule is COc1cc(CCON)ccc1OC1CCCN(C)C1. The van der Waals surface area contributed by atoms with Gasteiger partial charge in [0.25, 0.3) is 0 Å². The highest BCUT2D eigenvalue weighted by Crippen LogP contribution is 2.30. The number of nitrogens with two attached hydrogens (primary N) is 1. The van der Waals surface area contributed by atoms with Gasteiger partial charge in [0.2, 0.25) is 0 Å². The zero-order valence-electron chi connectivity index (χ0n) is 12.3. The second kappa shape index (κ2) is 7.47. The number of benzene rings is 1. The van der Waals surface area contributed by atoms with Gasteiger partial charge in [-0.25, -0.2) is 5.90 Å². The first-order chi connectivity index (χ1) is 9.72. The normalized spacial score (nSPS) is 19.9. The van der Waals surface area contributed by atoms with E-state index in [2.05, 4.69) is 16.8 Å². The molecular formula is C15H24N2O3. The summed E-state index contributed by atoms with van der Waals surface area (Å²) in [6.45, 7) is 2.61. The van der Waals surface area contributed by atoms with Gasteiger partial charge in [0.1, 0.15) is 6.10 Å². The van der Waals surface area contributed by atoms with Crippen LogP contribution in [0.3, 0.4) is 0 Å². The van der Waals surface area contributed by atoms with Gasteiger partial charge in [-0.15, -0.1) is 0 Å². The fourth-order valence-corrected chi connectivity index (χ4v) is 2.54. The van der Waals surface area contributed by atoms with Crippen molar-refractivity contribution in [2.24, 2.45) is 5.90 Å². The largest absolute Gasteiger partial charge is 0.493 e. The van der Waals surface area contributed by atoms with E-state index < -0.39 is 0 Å². The molecule has 2 N–H and O–H groups in total. The lowest BCUT2D eigenvalue weighted by molar-refractivity contribution is 0.101. The van der Waals surface area contributed by atoms with Gasteiger partial charge in [-0.1, -0.05) is 6.07 Å². The maximum Gasteiger partial charge on any atom is 0.161 e. The van der Waals surface area contributed by atoms with Gasteiger partial charge >= 0.3 is 0 Å². The maximum atomic E-state index is 6.08. The summed E-state index contributed by atoms with van der Waals surface area (Å²) in [5, 5.41) is 0. The Labute approximate surface area is 120 Å². The lowest BCUT2D eigenvalue weighted by Gasteiger charge is -2.30. The van der Waals surface area contributed by atoms with Crippen LogP contribution in [0.5, 0.6) is 11.5 Å². The monoisotopic (exact) mass is 280 g/mol. The number of hydrogen-bond acceptors (Lipinski definition) is 5. The average molecular weight is 280 g/mol. The van der Waals surface area contributed by atoms with Gasteiger partial charge in [0.15, 0.2) is 11.5 Å². The van der Waals surface area contributed by atoms with E-state index in [1.807, 2.05) is 18.2 Å². The molecule has 0 aliphatic carbocycles. The third kappa shape index (κ3) is 4.10. The highest BCUT2D eigenvalue weighted by atomic mass is 16.6. The fraction of sp³-hybridized carbons (Fsp3) is 0.600. The molecule has 0 radical (unpaired) electrons. The summed E-state index contributed by atoms with van der Waals surface area (Å²) < 4.78 is 11.5. The second-order valence-corrected chi connectivity index (χ2v) is 5.25. The molecule has 5 nitrogen and oxygen atoms in total. The van der Waals surface area contributed by atoms with Crippen LogP contribution in [0.4, 0.5) is 0 Å². The van der Waals surface area contributed by atoms with Crippen molar-refractivity contribution < 1.29 is 14.3 Å². The highest BCUT2D eigenvalue weighted by molar-refractivity contribution is 5.43. The minimum Gasteiger partial charge on any atom is -0.493 e. The topological polar surface area (TPSA) is 57.0 Å². The van der Waals surface area contributed by atoms with Crippen molar-refractivity contribution in [3.63, 3.8) is 0 Å². The van der Waals surface area contributed by atoms with E-state index in [0.29, 0.717) is 6.61 Å². The van der Waals surface area contributed by atoms with Crippen molar-refractivity contribution in [1.82, 2.24) is 4.90 Å². The summed E-state index contributed by atoms with van der Waals surface area (Å²) in [7, 11) is 3.79. The van der Waals surface area contributed by atoms with E-state index in [1.54, 1.807) is 7.11 Å². The van der Waals surface area contributed by atoms with E-state index >= 15 is 0 Å². The number of rotatable bonds is 6. The molecular weight excluding hydrogens is 256 g/mol. The summed E-state index contributed by atoms with van der Waals surface area (Å²) in [5.74, 6) is 6.63. The van der Waals surface area contributed by atoms with Gasteiger partial charge in [-0.2, -0.15) is 0 Å². The van der Waals surface area contributed by atoms with E-state index in [0.717, 1.165) is 43.0 Å². The third-order valence-corrected chi connectivity index (χ3v) is 3.61. The van der Waals surface area contributed by atoms with E-state index in [1.165, 1.54) is 6.42 Å². The van der Waals surface area contributed by atoms with Crippen LogP contribution in [-0.4, -0.2) is 44.9 Å². The number of likely N-dealkylation sites (N-methyl/N-ethyl adjacent to an activating group) is 1. The van der Waals surface area contributed by atoms with Crippen molar-refractivity contribution in [2.45, 2.75) is 25.4 Å². The molecule has 2 rings (SSSR count). The predicted octanol–water partition coefficient (Wildman–Crippen LogP) is 1.60.